The lowest BCUT2D eigenvalue weighted by atomic mass is 10.1. The highest BCUT2D eigenvalue weighted by atomic mass is 32.2. The highest BCUT2D eigenvalue weighted by Crippen LogP contribution is 2.19. The Hall–Kier alpha value is -1.78. The van der Waals surface area contributed by atoms with Gasteiger partial charge in [0.2, 0.25) is 0 Å². The Balaban J connectivity index is 2.00. The SMILES string of the molecule is CSc1cccc(NC(=O)c2ccc(COC(C)C)cc2)c1. The molecule has 0 aliphatic rings. The third kappa shape index (κ3) is 4.90. The van der Waals surface area contributed by atoms with Gasteiger partial charge in [0, 0.05) is 16.1 Å². The molecular weight excluding hydrogens is 294 g/mol. The summed E-state index contributed by atoms with van der Waals surface area (Å²) in [4.78, 5) is 13.4. The largest absolute Gasteiger partial charge is 0.374 e. The number of rotatable bonds is 6. The van der Waals surface area contributed by atoms with E-state index in [1.807, 2.05) is 68.6 Å². The van der Waals surface area contributed by atoms with Crippen molar-refractivity contribution in [1.29, 1.82) is 0 Å². The van der Waals surface area contributed by atoms with E-state index in [-0.39, 0.29) is 12.0 Å². The van der Waals surface area contributed by atoms with Crippen LogP contribution in [0.3, 0.4) is 0 Å². The summed E-state index contributed by atoms with van der Waals surface area (Å²) >= 11 is 1.65. The van der Waals surface area contributed by atoms with Crippen LogP contribution in [0, 0.1) is 0 Å². The van der Waals surface area contributed by atoms with Gasteiger partial charge in [0.25, 0.3) is 5.91 Å². The molecule has 2 rings (SSSR count). The van der Waals surface area contributed by atoms with E-state index in [4.69, 9.17) is 4.74 Å². The minimum atomic E-state index is -0.102. The fourth-order valence-electron chi connectivity index (χ4n) is 1.92. The van der Waals surface area contributed by atoms with Crippen molar-refractivity contribution in [2.45, 2.75) is 31.5 Å². The molecule has 0 spiro atoms. The number of nitrogens with one attached hydrogen (secondary N) is 1. The van der Waals surface area contributed by atoms with Gasteiger partial charge >= 0.3 is 0 Å². The molecule has 0 saturated heterocycles. The summed E-state index contributed by atoms with van der Waals surface area (Å²) in [5.41, 5.74) is 2.52. The monoisotopic (exact) mass is 315 g/mol. The van der Waals surface area contributed by atoms with Gasteiger partial charge in [-0.1, -0.05) is 18.2 Å². The Morgan fingerprint density at radius 3 is 2.55 bits per heavy atom. The first-order valence-electron chi connectivity index (χ1n) is 7.24. The Bertz CT molecular complexity index is 623. The van der Waals surface area contributed by atoms with Gasteiger partial charge < -0.3 is 10.1 Å². The molecule has 0 bridgehead atoms. The summed E-state index contributed by atoms with van der Waals surface area (Å²) in [6, 6.07) is 15.3. The van der Waals surface area contributed by atoms with Crippen molar-refractivity contribution in [1.82, 2.24) is 0 Å². The molecule has 0 radical (unpaired) electrons. The molecule has 0 unspecified atom stereocenters. The summed E-state index contributed by atoms with van der Waals surface area (Å²) in [7, 11) is 0. The molecule has 0 aliphatic heterocycles. The fourth-order valence-corrected chi connectivity index (χ4v) is 2.38. The quantitative estimate of drug-likeness (QED) is 0.793. The second-order valence-corrected chi connectivity index (χ2v) is 6.12. The Kier molecular flexibility index (Phi) is 6.04. The highest BCUT2D eigenvalue weighted by Gasteiger charge is 2.06. The van der Waals surface area contributed by atoms with E-state index >= 15 is 0 Å². The van der Waals surface area contributed by atoms with Gasteiger partial charge in [-0.3, -0.25) is 4.79 Å². The molecule has 1 N–H and O–H groups in total. The molecule has 4 heteroatoms. The molecular formula is C18H21NO2S. The molecule has 2 aromatic carbocycles. The Morgan fingerprint density at radius 2 is 1.91 bits per heavy atom. The zero-order valence-corrected chi connectivity index (χ0v) is 13.9. The van der Waals surface area contributed by atoms with E-state index in [0.717, 1.165) is 16.1 Å². The number of hydrogen-bond donors (Lipinski definition) is 1. The van der Waals surface area contributed by atoms with Gasteiger partial charge in [0.15, 0.2) is 0 Å². The van der Waals surface area contributed by atoms with Crippen molar-refractivity contribution >= 4 is 23.4 Å². The minimum Gasteiger partial charge on any atom is -0.374 e. The van der Waals surface area contributed by atoms with Crippen molar-refractivity contribution in [3.63, 3.8) is 0 Å². The molecule has 0 aliphatic carbocycles. The van der Waals surface area contributed by atoms with Crippen LogP contribution in [0.5, 0.6) is 0 Å². The Labute approximate surface area is 136 Å². The lowest BCUT2D eigenvalue weighted by Gasteiger charge is -2.09. The standard InChI is InChI=1S/C18H21NO2S/c1-13(2)21-12-14-7-9-15(10-8-14)18(20)19-16-5-4-6-17(11-16)22-3/h4-11,13H,12H2,1-3H3,(H,19,20). The molecule has 0 heterocycles. The molecule has 116 valence electrons. The molecule has 0 fully saturated rings. The van der Waals surface area contributed by atoms with Gasteiger partial charge in [-0.2, -0.15) is 0 Å². The molecule has 1 amide bonds. The van der Waals surface area contributed by atoms with Crippen LogP contribution in [0.2, 0.25) is 0 Å². The number of thioether (sulfide) groups is 1. The molecule has 22 heavy (non-hydrogen) atoms. The topological polar surface area (TPSA) is 38.3 Å². The van der Waals surface area contributed by atoms with Crippen LogP contribution in [0.25, 0.3) is 0 Å². The lowest BCUT2D eigenvalue weighted by Crippen LogP contribution is -2.12. The van der Waals surface area contributed by atoms with E-state index in [1.54, 1.807) is 11.8 Å². The van der Waals surface area contributed by atoms with E-state index in [2.05, 4.69) is 5.32 Å². The number of hydrogen-bond acceptors (Lipinski definition) is 3. The van der Waals surface area contributed by atoms with Crippen molar-refractivity contribution < 1.29 is 9.53 Å². The van der Waals surface area contributed by atoms with Crippen molar-refractivity contribution in [2.24, 2.45) is 0 Å². The maximum Gasteiger partial charge on any atom is 0.255 e. The van der Waals surface area contributed by atoms with Gasteiger partial charge in [0.05, 0.1) is 12.7 Å². The first-order chi connectivity index (χ1) is 10.6. The predicted octanol–water partition coefficient (Wildman–Crippen LogP) is 4.59. The van der Waals surface area contributed by atoms with Crippen LogP contribution in [0.4, 0.5) is 5.69 Å². The van der Waals surface area contributed by atoms with Crippen molar-refractivity contribution in [2.75, 3.05) is 11.6 Å². The third-order valence-corrected chi connectivity index (χ3v) is 3.85. The van der Waals surface area contributed by atoms with Crippen LogP contribution in [-0.2, 0) is 11.3 Å². The smallest absolute Gasteiger partial charge is 0.255 e. The highest BCUT2D eigenvalue weighted by molar-refractivity contribution is 7.98. The zero-order valence-electron chi connectivity index (χ0n) is 13.1. The lowest BCUT2D eigenvalue weighted by molar-refractivity contribution is 0.0657. The molecule has 0 saturated carbocycles. The van der Waals surface area contributed by atoms with Gasteiger partial charge in [0.1, 0.15) is 0 Å². The van der Waals surface area contributed by atoms with Gasteiger partial charge in [-0.15, -0.1) is 11.8 Å². The number of carbonyl (C=O) groups excluding carboxylic acids is 1. The first-order valence-corrected chi connectivity index (χ1v) is 8.47. The summed E-state index contributed by atoms with van der Waals surface area (Å²) in [6.45, 7) is 4.57. The first kappa shape index (κ1) is 16.6. The van der Waals surface area contributed by atoms with E-state index in [0.29, 0.717) is 12.2 Å². The van der Waals surface area contributed by atoms with Crippen LogP contribution < -0.4 is 5.32 Å². The number of ether oxygens (including phenoxy) is 1. The summed E-state index contributed by atoms with van der Waals surface area (Å²) in [5, 5.41) is 2.92. The summed E-state index contributed by atoms with van der Waals surface area (Å²) < 4.78 is 5.55. The number of anilines is 1. The minimum absolute atomic E-state index is 0.102. The molecule has 2 aromatic rings. The van der Waals surface area contributed by atoms with Crippen LogP contribution in [-0.4, -0.2) is 18.3 Å². The summed E-state index contributed by atoms with van der Waals surface area (Å²) in [5.74, 6) is -0.102. The summed E-state index contributed by atoms with van der Waals surface area (Å²) in [6.07, 6.45) is 2.21. The number of amides is 1. The van der Waals surface area contributed by atoms with Crippen LogP contribution in [0.15, 0.2) is 53.4 Å². The van der Waals surface area contributed by atoms with Gasteiger partial charge in [-0.25, -0.2) is 0 Å². The Morgan fingerprint density at radius 1 is 1.18 bits per heavy atom. The van der Waals surface area contributed by atoms with Crippen LogP contribution in [0.1, 0.15) is 29.8 Å². The number of carbonyl (C=O) groups is 1. The average Bonchev–Trinajstić information content (AvgIpc) is 2.53. The number of benzene rings is 2. The van der Waals surface area contributed by atoms with E-state index < -0.39 is 0 Å². The molecule has 0 aromatic heterocycles. The maximum atomic E-state index is 12.2. The molecule has 3 nitrogen and oxygen atoms in total. The normalized spacial score (nSPS) is 10.7. The van der Waals surface area contributed by atoms with E-state index in [9.17, 15) is 4.79 Å². The molecule has 0 atom stereocenters. The zero-order chi connectivity index (χ0) is 15.9. The van der Waals surface area contributed by atoms with Crippen molar-refractivity contribution in [3.05, 3.63) is 59.7 Å². The third-order valence-electron chi connectivity index (χ3n) is 3.13. The van der Waals surface area contributed by atoms with Crippen LogP contribution >= 0.6 is 11.8 Å². The fraction of sp³-hybridized carbons (Fsp3) is 0.278. The second-order valence-electron chi connectivity index (χ2n) is 5.24. The maximum absolute atomic E-state index is 12.2. The second kappa shape index (κ2) is 8.01. The predicted molar refractivity (Wildman–Crippen MR) is 92.5 cm³/mol. The van der Waals surface area contributed by atoms with Gasteiger partial charge in [-0.05, 0) is 56.0 Å². The van der Waals surface area contributed by atoms with Crippen molar-refractivity contribution in [3.8, 4) is 0 Å². The average molecular weight is 315 g/mol. The van der Waals surface area contributed by atoms with E-state index in [1.165, 1.54) is 0 Å².